The Bertz CT molecular complexity index is 1740. The van der Waals surface area contributed by atoms with E-state index in [1.54, 1.807) is 14.2 Å². The van der Waals surface area contributed by atoms with E-state index in [1.165, 1.54) is 32.8 Å². The molecule has 0 spiro atoms. The van der Waals surface area contributed by atoms with Crippen LogP contribution in [0.4, 0.5) is 0 Å². The molecular weight excluding hydrogens is 592 g/mol. The number of nitriles is 1. The number of benzene rings is 2. The molecule has 5 atom stereocenters. The van der Waals surface area contributed by atoms with Crippen molar-refractivity contribution in [2.75, 3.05) is 42.0 Å². The summed E-state index contributed by atoms with van der Waals surface area (Å²) in [4.78, 5) is 25.6. The molecule has 1 fully saturated rings. The molecule has 0 unspecified atom stereocenters. The van der Waals surface area contributed by atoms with E-state index < -0.39 is 30.1 Å². The highest BCUT2D eigenvalue weighted by atomic mass is 16.5. The van der Waals surface area contributed by atoms with E-state index in [0.29, 0.717) is 52.3 Å². The number of amides is 1. The topological polar surface area (TPSA) is 163 Å². The molecule has 0 saturated carbocycles. The van der Waals surface area contributed by atoms with Gasteiger partial charge in [-0.15, -0.1) is 0 Å². The summed E-state index contributed by atoms with van der Waals surface area (Å²) in [5.74, 6) is 1.27. The normalized spacial score (nSPS) is 23.3. The van der Waals surface area contributed by atoms with Gasteiger partial charge in [-0.1, -0.05) is 0 Å². The Balaban J connectivity index is 1.59. The monoisotopic (exact) mass is 630 g/mol. The third kappa shape index (κ3) is 4.39. The number of phenols is 2. The van der Waals surface area contributed by atoms with Gasteiger partial charge in [0.15, 0.2) is 23.0 Å². The Hall–Kier alpha value is -4.80. The van der Waals surface area contributed by atoms with Gasteiger partial charge in [0.1, 0.15) is 23.2 Å². The van der Waals surface area contributed by atoms with E-state index in [1.807, 2.05) is 20.9 Å². The highest BCUT2D eigenvalue weighted by Gasteiger charge is 2.57. The van der Waals surface area contributed by atoms with Crippen LogP contribution >= 0.6 is 0 Å². The SMILES string of the molecule is COc1c(C)c(OC)c2c(c1O)[C@@H]1[C@@H]3Cc4c(OC)c(C)c(OC)c(O)c4[C@H](CNC(=O)c4cnccn4)N3[C@@H](C#N)[C@H](C2)N1C. The molecule has 0 aliphatic carbocycles. The summed E-state index contributed by atoms with van der Waals surface area (Å²) in [6.45, 7) is 3.69. The Kier molecular flexibility index (Phi) is 8.04. The molecule has 3 aliphatic heterocycles. The number of piperazine rings is 1. The van der Waals surface area contributed by atoms with Gasteiger partial charge in [-0.3, -0.25) is 19.6 Å². The fourth-order valence-electron chi connectivity index (χ4n) is 8.11. The van der Waals surface area contributed by atoms with Crippen LogP contribution in [-0.4, -0.2) is 96.0 Å². The molecule has 13 heteroatoms. The van der Waals surface area contributed by atoms with Crippen LogP contribution in [0.25, 0.3) is 0 Å². The summed E-state index contributed by atoms with van der Waals surface area (Å²) >= 11 is 0. The minimum atomic E-state index is -0.681. The molecule has 242 valence electrons. The number of carbonyl (C=O) groups excluding carboxylic acids is 1. The van der Waals surface area contributed by atoms with Crippen LogP contribution < -0.4 is 24.3 Å². The van der Waals surface area contributed by atoms with E-state index in [0.717, 1.165) is 11.1 Å². The van der Waals surface area contributed by atoms with Crippen molar-refractivity contribution in [3.63, 3.8) is 0 Å². The first-order valence-electron chi connectivity index (χ1n) is 15.0. The lowest BCUT2D eigenvalue weighted by molar-refractivity contribution is -0.0724. The maximum absolute atomic E-state index is 13.2. The Labute approximate surface area is 267 Å². The lowest BCUT2D eigenvalue weighted by Crippen LogP contribution is -2.68. The molecule has 2 aromatic carbocycles. The highest BCUT2D eigenvalue weighted by molar-refractivity contribution is 5.91. The first kappa shape index (κ1) is 31.2. The van der Waals surface area contributed by atoms with Gasteiger partial charge in [0.25, 0.3) is 5.91 Å². The first-order valence-corrected chi connectivity index (χ1v) is 15.0. The van der Waals surface area contributed by atoms with Gasteiger partial charge >= 0.3 is 0 Å². The van der Waals surface area contributed by atoms with Crippen LogP contribution in [0.3, 0.4) is 0 Å². The quantitative estimate of drug-likeness (QED) is 0.351. The number of methoxy groups -OCH3 is 4. The Morgan fingerprint density at radius 3 is 2.04 bits per heavy atom. The molecular formula is C33H38N6O7. The number of ether oxygens (including phenoxy) is 4. The molecule has 1 aromatic heterocycles. The summed E-state index contributed by atoms with van der Waals surface area (Å²) < 4.78 is 23.2. The lowest BCUT2D eigenvalue weighted by Gasteiger charge is -2.60. The van der Waals surface area contributed by atoms with Crippen LogP contribution in [0.5, 0.6) is 34.5 Å². The first-order chi connectivity index (χ1) is 22.1. The van der Waals surface area contributed by atoms with Crippen molar-refractivity contribution >= 4 is 5.91 Å². The van der Waals surface area contributed by atoms with Crippen LogP contribution in [0, 0.1) is 25.2 Å². The fourth-order valence-corrected chi connectivity index (χ4v) is 8.11. The largest absolute Gasteiger partial charge is 0.504 e. The summed E-state index contributed by atoms with van der Waals surface area (Å²) in [6, 6.07) is 0.0777. The zero-order chi connectivity index (χ0) is 33.0. The molecule has 13 nitrogen and oxygen atoms in total. The van der Waals surface area contributed by atoms with Crippen LogP contribution in [0.1, 0.15) is 56.0 Å². The number of aromatic nitrogens is 2. The van der Waals surface area contributed by atoms with Crippen LogP contribution in [-0.2, 0) is 12.8 Å². The Morgan fingerprint density at radius 2 is 1.50 bits per heavy atom. The zero-order valence-corrected chi connectivity index (χ0v) is 26.9. The third-order valence-corrected chi connectivity index (χ3v) is 9.91. The third-order valence-electron chi connectivity index (χ3n) is 9.91. The number of aromatic hydroxyl groups is 2. The van der Waals surface area contributed by atoms with Crippen LogP contribution in [0.2, 0.25) is 0 Å². The Morgan fingerprint density at radius 1 is 0.935 bits per heavy atom. The van der Waals surface area contributed by atoms with E-state index in [-0.39, 0.29) is 35.5 Å². The van der Waals surface area contributed by atoms with Crippen molar-refractivity contribution in [2.24, 2.45) is 0 Å². The van der Waals surface area contributed by atoms with Crippen molar-refractivity contribution < 1.29 is 34.0 Å². The highest BCUT2D eigenvalue weighted by Crippen LogP contribution is 2.58. The molecule has 1 amide bonds. The van der Waals surface area contributed by atoms with Gasteiger partial charge in [0, 0.05) is 64.4 Å². The smallest absolute Gasteiger partial charge is 0.271 e. The molecule has 2 bridgehead atoms. The van der Waals surface area contributed by atoms with E-state index in [2.05, 4.69) is 31.2 Å². The van der Waals surface area contributed by atoms with Gasteiger partial charge in [-0.2, -0.15) is 5.26 Å². The maximum atomic E-state index is 13.2. The number of carbonyl (C=O) groups is 1. The molecule has 6 rings (SSSR count). The summed E-state index contributed by atoms with van der Waals surface area (Å²) in [7, 11) is 8.12. The van der Waals surface area contributed by atoms with Gasteiger partial charge in [0.05, 0.1) is 52.8 Å². The van der Waals surface area contributed by atoms with E-state index >= 15 is 0 Å². The molecule has 46 heavy (non-hydrogen) atoms. The minimum Gasteiger partial charge on any atom is -0.504 e. The predicted molar refractivity (Wildman–Crippen MR) is 166 cm³/mol. The van der Waals surface area contributed by atoms with Crippen molar-refractivity contribution in [1.29, 1.82) is 5.26 Å². The standard InChI is InChI=1S/C33H38N6O7/c1-15-29(43-4)17-11-21-26-25-18(30(44-5)16(2)32(46-7)28(25)41)10-20(38(26)3)22(12-34)39(21)23(24(17)27(40)31(15)45-6)14-37-33(42)19-13-35-8-9-36-19/h8-9,13,20-23,26,40-41H,10-11,14H2,1-7H3,(H,37,42)/t20-,21-,22-,23-,26-/m0/s1. The number of nitrogens with one attached hydrogen (secondary N) is 1. The van der Waals surface area contributed by atoms with Gasteiger partial charge < -0.3 is 34.5 Å². The molecule has 1 saturated heterocycles. The summed E-state index contributed by atoms with van der Waals surface area (Å²) in [5, 5.41) is 37.3. The maximum Gasteiger partial charge on any atom is 0.271 e. The van der Waals surface area contributed by atoms with Gasteiger partial charge in [0.2, 0.25) is 0 Å². The number of likely N-dealkylation sites (N-methyl/N-ethyl adjacent to an activating group) is 1. The molecule has 3 N–H and O–H groups in total. The molecule has 3 aromatic rings. The van der Waals surface area contributed by atoms with Crippen molar-refractivity contribution in [3.05, 3.63) is 57.7 Å². The average molecular weight is 631 g/mol. The second-order valence-electron chi connectivity index (χ2n) is 11.9. The van der Waals surface area contributed by atoms with Gasteiger partial charge in [-0.05, 0) is 33.7 Å². The second kappa shape index (κ2) is 11.9. The number of phenolic OH excluding ortho intramolecular Hbond substituents is 2. The number of hydrogen-bond donors (Lipinski definition) is 3. The van der Waals surface area contributed by atoms with Crippen molar-refractivity contribution in [2.45, 2.75) is 56.9 Å². The van der Waals surface area contributed by atoms with E-state index in [9.17, 15) is 20.3 Å². The molecule has 4 heterocycles. The van der Waals surface area contributed by atoms with Crippen LogP contribution in [0.15, 0.2) is 18.6 Å². The zero-order valence-electron chi connectivity index (χ0n) is 26.9. The number of rotatable bonds is 7. The van der Waals surface area contributed by atoms with E-state index in [4.69, 9.17) is 18.9 Å². The number of hydrogen-bond acceptors (Lipinski definition) is 12. The number of nitrogens with zero attached hydrogens (tertiary/aromatic N) is 5. The molecule has 0 radical (unpaired) electrons. The summed E-state index contributed by atoms with van der Waals surface area (Å²) in [6.07, 6.45) is 5.08. The van der Waals surface area contributed by atoms with Crippen molar-refractivity contribution in [1.82, 2.24) is 25.1 Å². The lowest BCUT2D eigenvalue weighted by atomic mass is 9.71. The summed E-state index contributed by atoms with van der Waals surface area (Å²) in [5.41, 5.74) is 4.21. The predicted octanol–water partition coefficient (Wildman–Crippen LogP) is 2.74. The van der Waals surface area contributed by atoms with Gasteiger partial charge in [-0.25, -0.2) is 4.98 Å². The minimum absolute atomic E-state index is 0.0282. The second-order valence-corrected chi connectivity index (χ2v) is 11.9. The van der Waals surface area contributed by atoms with Crippen molar-refractivity contribution in [3.8, 4) is 40.6 Å². The number of fused-ring (bicyclic) bond motifs is 7. The fraction of sp³-hybridized carbons (Fsp3) is 0.455. The molecule has 3 aliphatic rings. The average Bonchev–Trinajstić information content (AvgIpc) is 3.05.